The van der Waals surface area contributed by atoms with Gasteiger partial charge in [0.25, 0.3) is 0 Å². The van der Waals surface area contributed by atoms with Gasteiger partial charge in [-0.15, -0.1) is 0 Å². The summed E-state index contributed by atoms with van der Waals surface area (Å²) in [5.41, 5.74) is 5.91. The first-order valence-corrected chi connectivity index (χ1v) is 4.97. The van der Waals surface area contributed by atoms with Gasteiger partial charge in [-0.3, -0.25) is 4.79 Å². The van der Waals surface area contributed by atoms with Crippen LogP contribution in [-0.2, 0) is 4.79 Å². The Labute approximate surface area is 93.3 Å². The Kier molecular flexibility index (Phi) is 4.47. The van der Waals surface area contributed by atoms with E-state index in [0.29, 0.717) is 25.1 Å². The number of hydrogen-bond donors (Lipinski definition) is 3. The van der Waals surface area contributed by atoms with Gasteiger partial charge in [-0.2, -0.15) is 0 Å². The molecule has 0 saturated heterocycles. The van der Waals surface area contributed by atoms with Crippen LogP contribution >= 0.6 is 0 Å². The lowest BCUT2D eigenvalue weighted by Crippen LogP contribution is -2.13. The fraction of sp³-hybridized carbons (Fsp3) is 0.273. The van der Waals surface area contributed by atoms with Crippen molar-refractivity contribution < 1.29 is 14.7 Å². The minimum absolute atomic E-state index is 0.150. The van der Waals surface area contributed by atoms with E-state index in [1.165, 1.54) is 12.1 Å². The van der Waals surface area contributed by atoms with Crippen molar-refractivity contribution in [2.75, 3.05) is 11.9 Å². The number of carbonyl (C=O) groups excluding carboxylic acids is 1. The van der Waals surface area contributed by atoms with E-state index in [0.717, 1.165) is 0 Å². The summed E-state index contributed by atoms with van der Waals surface area (Å²) in [6.07, 6.45) is 0.957. The summed E-state index contributed by atoms with van der Waals surface area (Å²) in [7, 11) is 0. The lowest BCUT2D eigenvalue weighted by molar-refractivity contribution is -0.116. The Balaban J connectivity index is 2.63. The van der Waals surface area contributed by atoms with Crippen molar-refractivity contribution in [3.05, 3.63) is 29.8 Å². The van der Waals surface area contributed by atoms with Gasteiger partial charge in [-0.1, -0.05) is 6.07 Å². The second kappa shape index (κ2) is 5.87. The van der Waals surface area contributed by atoms with Crippen molar-refractivity contribution in [2.24, 2.45) is 5.73 Å². The number of hydrogen-bond acceptors (Lipinski definition) is 3. The number of carboxylic acids is 1. The molecule has 0 saturated carbocycles. The second-order valence-corrected chi connectivity index (χ2v) is 3.33. The van der Waals surface area contributed by atoms with Gasteiger partial charge < -0.3 is 16.2 Å². The van der Waals surface area contributed by atoms with E-state index in [2.05, 4.69) is 5.32 Å². The predicted molar refractivity (Wildman–Crippen MR) is 60.3 cm³/mol. The quantitative estimate of drug-likeness (QED) is 0.694. The third kappa shape index (κ3) is 3.70. The Hall–Kier alpha value is -1.88. The summed E-state index contributed by atoms with van der Waals surface area (Å²) in [6, 6.07) is 6.12. The Morgan fingerprint density at radius 1 is 1.38 bits per heavy atom. The minimum atomic E-state index is -1.02. The predicted octanol–water partition coefficient (Wildman–Crippen LogP) is 1.06. The number of anilines is 1. The fourth-order valence-corrected chi connectivity index (χ4v) is 1.22. The maximum Gasteiger partial charge on any atom is 0.335 e. The summed E-state index contributed by atoms with van der Waals surface area (Å²) in [5, 5.41) is 11.4. The molecule has 0 atom stereocenters. The number of carboxylic acid groups (broad SMARTS) is 1. The van der Waals surface area contributed by atoms with Crippen molar-refractivity contribution in [1.82, 2.24) is 0 Å². The third-order valence-corrected chi connectivity index (χ3v) is 2.00. The van der Waals surface area contributed by atoms with Crippen LogP contribution in [0.15, 0.2) is 24.3 Å². The molecule has 0 radical (unpaired) electrons. The van der Waals surface area contributed by atoms with Crippen LogP contribution in [0.3, 0.4) is 0 Å². The number of nitrogens with one attached hydrogen (secondary N) is 1. The van der Waals surface area contributed by atoms with E-state index < -0.39 is 5.97 Å². The monoisotopic (exact) mass is 222 g/mol. The van der Waals surface area contributed by atoms with Gasteiger partial charge in [0.15, 0.2) is 0 Å². The van der Waals surface area contributed by atoms with E-state index in [1.807, 2.05) is 0 Å². The van der Waals surface area contributed by atoms with Crippen LogP contribution in [0.25, 0.3) is 0 Å². The molecule has 0 aromatic heterocycles. The van der Waals surface area contributed by atoms with Gasteiger partial charge in [-0.25, -0.2) is 4.79 Å². The number of aromatic carboxylic acids is 1. The Morgan fingerprint density at radius 2 is 2.12 bits per heavy atom. The molecule has 16 heavy (non-hydrogen) atoms. The molecule has 86 valence electrons. The second-order valence-electron chi connectivity index (χ2n) is 3.33. The van der Waals surface area contributed by atoms with Crippen molar-refractivity contribution in [3.8, 4) is 0 Å². The Bertz CT molecular complexity index is 391. The molecular formula is C11H14N2O3. The third-order valence-electron chi connectivity index (χ3n) is 2.00. The summed E-state index contributed by atoms with van der Waals surface area (Å²) in [5.74, 6) is -1.17. The molecule has 5 heteroatoms. The van der Waals surface area contributed by atoms with Crippen molar-refractivity contribution in [3.63, 3.8) is 0 Å². The molecule has 0 fully saturated rings. The molecule has 0 heterocycles. The number of benzene rings is 1. The molecule has 0 aliphatic rings. The number of carbonyl (C=O) groups is 2. The van der Waals surface area contributed by atoms with Crippen LogP contribution in [0.1, 0.15) is 23.2 Å². The van der Waals surface area contributed by atoms with Crippen LogP contribution < -0.4 is 11.1 Å². The Morgan fingerprint density at radius 3 is 2.75 bits per heavy atom. The lowest BCUT2D eigenvalue weighted by Gasteiger charge is -2.05. The van der Waals surface area contributed by atoms with Gasteiger partial charge in [0.05, 0.1) is 5.56 Å². The van der Waals surface area contributed by atoms with E-state index in [-0.39, 0.29) is 11.5 Å². The summed E-state index contributed by atoms with van der Waals surface area (Å²) in [6.45, 7) is 0.461. The molecule has 0 aliphatic carbocycles. The molecule has 0 aliphatic heterocycles. The molecule has 1 aromatic rings. The zero-order chi connectivity index (χ0) is 12.0. The number of amides is 1. The van der Waals surface area contributed by atoms with E-state index in [9.17, 15) is 9.59 Å². The van der Waals surface area contributed by atoms with Crippen molar-refractivity contribution in [1.29, 1.82) is 0 Å². The topological polar surface area (TPSA) is 92.4 Å². The van der Waals surface area contributed by atoms with E-state index in [4.69, 9.17) is 10.8 Å². The van der Waals surface area contributed by atoms with Gasteiger partial charge in [0.2, 0.25) is 5.91 Å². The van der Waals surface area contributed by atoms with E-state index in [1.54, 1.807) is 12.1 Å². The average molecular weight is 222 g/mol. The maximum atomic E-state index is 11.3. The van der Waals surface area contributed by atoms with Gasteiger partial charge in [0, 0.05) is 12.1 Å². The molecule has 1 aromatic carbocycles. The van der Waals surface area contributed by atoms with Crippen LogP contribution in [0.5, 0.6) is 0 Å². The van der Waals surface area contributed by atoms with Crippen LogP contribution in [0, 0.1) is 0 Å². The summed E-state index contributed by atoms with van der Waals surface area (Å²) in [4.78, 5) is 22.0. The highest BCUT2D eigenvalue weighted by molar-refractivity contribution is 5.93. The van der Waals surface area contributed by atoms with Crippen molar-refractivity contribution >= 4 is 17.6 Å². The summed E-state index contributed by atoms with van der Waals surface area (Å²) < 4.78 is 0. The zero-order valence-electron chi connectivity index (χ0n) is 8.77. The van der Waals surface area contributed by atoms with Gasteiger partial charge in [-0.05, 0) is 31.2 Å². The highest BCUT2D eigenvalue weighted by Crippen LogP contribution is 2.11. The average Bonchev–Trinajstić information content (AvgIpc) is 2.26. The highest BCUT2D eigenvalue weighted by atomic mass is 16.4. The van der Waals surface area contributed by atoms with Crippen molar-refractivity contribution in [2.45, 2.75) is 12.8 Å². The van der Waals surface area contributed by atoms with Gasteiger partial charge in [0.1, 0.15) is 0 Å². The molecule has 4 N–H and O–H groups in total. The normalized spacial score (nSPS) is 9.81. The molecule has 0 bridgehead atoms. The lowest BCUT2D eigenvalue weighted by atomic mass is 10.2. The van der Waals surface area contributed by atoms with Crippen LogP contribution in [0.2, 0.25) is 0 Å². The molecule has 0 spiro atoms. The molecular weight excluding hydrogens is 208 g/mol. The molecule has 1 amide bonds. The van der Waals surface area contributed by atoms with Crippen LogP contribution in [-0.4, -0.2) is 23.5 Å². The first-order chi connectivity index (χ1) is 7.63. The SMILES string of the molecule is NCCCC(=O)Nc1cccc(C(=O)O)c1. The standard InChI is InChI=1S/C11H14N2O3/c12-6-2-5-10(14)13-9-4-1-3-8(7-9)11(15)16/h1,3-4,7H,2,5-6,12H2,(H,13,14)(H,15,16). The zero-order valence-corrected chi connectivity index (χ0v) is 8.77. The summed E-state index contributed by atoms with van der Waals surface area (Å²) >= 11 is 0. The first-order valence-electron chi connectivity index (χ1n) is 4.97. The fourth-order valence-electron chi connectivity index (χ4n) is 1.22. The largest absolute Gasteiger partial charge is 0.478 e. The number of nitrogens with two attached hydrogens (primary N) is 1. The first kappa shape index (κ1) is 12.2. The molecule has 5 nitrogen and oxygen atoms in total. The number of rotatable bonds is 5. The molecule has 0 unspecified atom stereocenters. The smallest absolute Gasteiger partial charge is 0.335 e. The van der Waals surface area contributed by atoms with Gasteiger partial charge >= 0.3 is 5.97 Å². The van der Waals surface area contributed by atoms with Crippen LogP contribution in [0.4, 0.5) is 5.69 Å². The molecule has 1 rings (SSSR count). The van der Waals surface area contributed by atoms with E-state index >= 15 is 0 Å². The maximum absolute atomic E-state index is 11.3. The highest BCUT2D eigenvalue weighted by Gasteiger charge is 2.05. The minimum Gasteiger partial charge on any atom is -0.478 e.